The molecule has 0 fully saturated rings. The summed E-state index contributed by atoms with van der Waals surface area (Å²) in [5.41, 5.74) is 7.74. The number of methoxy groups -OCH3 is 1. The van der Waals surface area contributed by atoms with Crippen molar-refractivity contribution in [3.05, 3.63) is 35.3 Å². The van der Waals surface area contributed by atoms with E-state index in [0.29, 0.717) is 6.54 Å². The Bertz CT molecular complexity index is 671. The maximum atomic E-state index is 5.72. The van der Waals surface area contributed by atoms with Crippen molar-refractivity contribution < 1.29 is 4.74 Å². The first-order valence-corrected chi connectivity index (χ1v) is 6.37. The minimum Gasteiger partial charge on any atom is -0.497 e. The molecule has 5 nitrogen and oxygen atoms in total. The molecule has 0 bridgehead atoms. The molecule has 0 aliphatic carbocycles. The highest BCUT2D eigenvalue weighted by Crippen LogP contribution is 2.25. The van der Waals surface area contributed by atoms with E-state index in [4.69, 9.17) is 10.5 Å². The van der Waals surface area contributed by atoms with E-state index in [1.54, 1.807) is 18.4 Å². The van der Waals surface area contributed by atoms with Crippen molar-refractivity contribution in [2.24, 2.45) is 5.73 Å². The average molecular weight is 260 g/mol. The maximum Gasteiger partial charge on any atom is 0.216 e. The predicted molar refractivity (Wildman–Crippen MR) is 70.7 cm³/mol. The molecule has 1 aromatic carbocycles. The monoisotopic (exact) mass is 260 g/mol. The average Bonchev–Trinajstić information content (AvgIpc) is 3.00. The molecule has 6 heteroatoms. The highest BCUT2D eigenvalue weighted by molar-refractivity contribution is 7.15. The van der Waals surface area contributed by atoms with Crippen LogP contribution in [0.15, 0.2) is 29.6 Å². The van der Waals surface area contributed by atoms with E-state index in [1.807, 2.05) is 34.0 Å². The lowest BCUT2D eigenvalue weighted by atomic mass is 10.2. The molecular formula is C12H12N4OS. The van der Waals surface area contributed by atoms with Crippen molar-refractivity contribution in [2.75, 3.05) is 7.11 Å². The van der Waals surface area contributed by atoms with Crippen LogP contribution in [0.1, 0.15) is 5.69 Å². The van der Waals surface area contributed by atoms with Crippen molar-refractivity contribution in [1.82, 2.24) is 14.6 Å². The lowest BCUT2D eigenvalue weighted by Crippen LogP contribution is -2.01. The van der Waals surface area contributed by atoms with E-state index in [0.717, 1.165) is 27.8 Å². The van der Waals surface area contributed by atoms with E-state index in [2.05, 4.69) is 10.2 Å². The first-order valence-electron chi connectivity index (χ1n) is 5.49. The molecule has 0 aliphatic rings. The zero-order valence-corrected chi connectivity index (χ0v) is 10.6. The lowest BCUT2D eigenvalue weighted by Gasteiger charge is -2.02. The molecule has 2 heterocycles. The quantitative estimate of drug-likeness (QED) is 0.781. The van der Waals surface area contributed by atoms with Gasteiger partial charge in [-0.2, -0.15) is 0 Å². The summed E-state index contributed by atoms with van der Waals surface area (Å²) in [6.07, 6.45) is 0. The van der Waals surface area contributed by atoms with Gasteiger partial charge in [-0.05, 0) is 24.3 Å². The van der Waals surface area contributed by atoms with Gasteiger partial charge in [-0.25, -0.2) is 0 Å². The Morgan fingerprint density at radius 1 is 1.28 bits per heavy atom. The first kappa shape index (κ1) is 11.2. The van der Waals surface area contributed by atoms with Gasteiger partial charge in [0.2, 0.25) is 4.96 Å². The van der Waals surface area contributed by atoms with Gasteiger partial charge in [0.1, 0.15) is 5.75 Å². The SMILES string of the molecule is COc1ccc(-c2nnc3scc(CN)n23)cc1. The molecule has 0 radical (unpaired) electrons. The van der Waals surface area contributed by atoms with Crippen LogP contribution in [0.5, 0.6) is 5.75 Å². The number of nitrogens with two attached hydrogens (primary N) is 1. The number of benzene rings is 1. The molecule has 0 spiro atoms. The Hall–Kier alpha value is -1.92. The van der Waals surface area contributed by atoms with E-state index >= 15 is 0 Å². The largest absolute Gasteiger partial charge is 0.497 e. The molecule has 0 saturated heterocycles. The Labute approximate surface area is 108 Å². The first-order chi connectivity index (χ1) is 8.83. The molecule has 18 heavy (non-hydrogen) atoms. The minimum atomic E-state index is 0.473. The van der Waals surface area contributed by atoms with Crippen LogP contribution in [0.4, 0.5) is 0 Å². The van der Waals surface area contributed by atoms with Gasteiger partial charge < -0.3 is 10.5 Å². The summed E-state index contributed by atoms with van der Waals surface area (Å²) in [5, 5.41) is 10.4. The summed E-state index contributed by atoms with van der Waals surface area (Å²) < 4.78 is 7.14. The lowest BCUT2D eigenvalue weighted by molar-refractivity contribution is 0.415. The topological polar surface area (TPSA) is 65.4 Å². The van der Waals surface area contributed by atoms with Gasteiger partial charge in [0.05, 0.1) is 12.8 Å². The fourth-order valence-corrected chi connectivity index (χ4v) is 2.69. The van der Waals surface area contributed by atoms with Crippen LogP contribution < -0.4 is 10.5 Å². The van der Waals surface area contributed by atoms with Gasteiger partial charge in [0.25, 0.3) is 0 Å². The predicted octanol–water partition coefficient (Wildman–Crippen LogP) is 1.93. The number of fused-ring (bicyclic) bond motifs is 1. The summed E-state index contributed by atoms with van der Waals surface area (Å²) >= 11 is 1.55. The van der Waals surface area contributed by atoms with Gasteiger partial charge >= 0.3 is 0 Å². The Balaban J connectivity index is 2.14. The summed E-state index contributed by atoms with van der Waals surface area (Å²) in [6, 6.07) is 7.75. The van der Waals surface area contributed by atoms with Crippen LogP contribution in [0.25, 0.3) is 16.3 Å². The van der Waals surface area contributed by atoms with Gasteiger partial charge in [-0.1, -0.05) is 0 Å². The molecule has 2 aromatic heterocycles. The second kappa shape index (κ2) is 4.40. The molecule has 2 N–H and O–H groups in total. The fraction of sp³-hybridized carbons (Fsp3) is 0.167. The maximum absolute atomic E-state index is 5.72. The fourth-order valence-electron chi connectivity index (χ4n) is 1.85. The molecule has 3 rings (SSSR count). The van der Waals surface area contributed by atoms with Gasteiger partial charge in [-0.15, -0.1) is 21.5 Å². The number of hydrogen-bond acceptors (Lipinski definition) is 5. The Kier molecular flexibility index (Phi) is 2.73. The van der Waals surface area contributed by atoms with Crippen LogP contribution in [0, 0.1) is 0 Å². The van der Waals surface area contributed by atoms with E-state index in [-0.39, 0.29) is 0 Å². The van der Waals surface area contributed by atoms with Crippen molar-refractivity contribution in [3.63, 3.8) is 0 Å². The highest BCUT2D eigenvalue weighted by Gasteiger charge is 2.12. The van der Waals surface area contributed by atoms with Crippen LogP contribution in [0.3, 0.4) is 0 Å². The zero-order chi connectivity index (χ0) is 12.5. The van der Waals surface area contributed by atoms with Crippen LogP contribution in [-0.2, 0) is 6.54 Å². The van der Waals surface area contributed by atoms with Gasteiger partial charge in [-0.3, -0.25) is 4.40 Å². The van der Waals surface area contributed by atoms with Crippen LogP contribution in [-0.4, -0.2) is 21.7 Å². The van der Waals surface area contributed by atoms with Gasteiger partial charge in [0.15, 0.2) is 5.82 Å². The number of aromatic nitrogens is 3. The third-order valence-electron chi connectivity index (χ3n) is 2.78. The molecule has 0 amide bonds. The molecule has 0 saturated carbocycles. The van der Waals surface area contributed by atoms with E-state index in [9.17, 15) is 0 Å². The molecule has 0 atom stereocenters. The summed E-state index contributed by atoms with van der Waals surface area (Å²) in [7, 11) is 1.65. The van der Waals surface area contributed by atoms with Crippen molar-refractivity contribution >= 4 is 16.3 Å². The van der Waals surface area contributed by atoms with Crippen LogP contribution >= 0.6 is 11.3 Å². The summed E-state index contributed by atoms with van der Waals surface area (Å²) in [6.45, 7) is 0.473. The normalized spacial score (nSPS) is 11.0. The third-order valence-corrected chi connectivity index (χ3v) is 3.64. The molecular weight excluding hydrogens is 248 g/mol. The standard InChI is InChI=1S/C12H12N4OS/c1-17-10-4-2-8(3-5-10)11-14-15-12-16(11)9(6-13)7-18-12/h2-5,7H,6,13H2,1H3. The molecule has 92 valence electrons. The summed E-state index contributed by atoms with van der Waals surface area (Å²) in [5.74, 6) is 1.64. The molecule has 0 unspecified atom stereocenters. The van der Waals surface area contributed by atoms with Crippen molar-refractivity contribution in [3.8, 4) is 17.1 Å². The number of hydrogen-bond donors (Lipinski definition) is 1. The minimum absolute atomic E-state index is 0.473. The second-order valence-corrected chi connectivity index (χ2v) is 4.64. The zero-order valence-electron chi connectivity index (χ0n) is 9.83. The summed E-state index contributed by atoms with van der Waals surface area (Å²) in [4.78, 5) is 0.862. The smallest absolute Gasteiger partial charge is 0.216 e. The number of ether oxygens (including phenoxy) is 1. The number of nitrogens with zero attached hydrogens (tertiary/aromatic N) is 3. The second-order valence-electron chi connectivity index (χ2n) is 3.80. The van der Waals surface area contributed by atoms with Gasteiger partial charge in [0, 0.05) is 17.5 Å². The van der Waals surface area contributed by atoms with E-state index < -0.39 is 0 Å². The Morgan fingerprint density at radius 2 is 2.06 bits per heavy atom. The Morgan fingerprint density at radius 3 is 2.72 bits per heavy atom. The number of rotatable bonds is 3. The molecule has 0 aliphatic heterocycles. The van der Waals surface area contributed by atoms with Crippen molar-refractivity contribution in [2.45, 2.75) is 6.54 Å². The highest BCUT2D eigenvalue weighted by atomic mass is 32.1. The molecule has 3 aromatic rings. The number of thiazole rings is 1. The van der Waals surface area contributed by atoms with Crippen LogP contribution in [0.2, 0.25) is 0 Å². The van der Waals surface area contributed by atoms with Crippen molar-refractivity contribution in [1.29, 1.82) is 0 Å². The van der Waals surface area contributed by atoms with E-state index in [1.165, 1.54) is 0 Å². The third kappa shape index (κ3) is 1.66.